The summed E-state index contributed by atoms with van der Waals surface area (Å²) in [6.45, 7) is 2.45. The van der Waals surface area contributed by atoms with E-state index in [1.54, 1.807) is 30.3 Å². The van der Waals surface area contributed by atoms with Gasteiger partial charge in [-0.1, -0.05) is 18.2 Å². The van der Waals surface area contributed by atoms with Gasteiger partial charge in [0.25, 0.3) is 0 Å². The number of rotatable bonds is 3. The Morgan fingerprint density at radius 2 is 2.21 bits per heavy atom. The third-order valence-corrected chi connectivity index (χ3v) is 1.70. The zero-order valence-electron chi connectivity index (χ0n) is 8.03. The van der Waals surface area contributed by atoms with Crippen molar-refractivity contribution in [2.24, 2.45) is 0 Å². The Bertz CT molecular complexity index is 345. The molecule has 0 aliphatic carbocycles. The fraction of sp³-hybridized carbons (Fsp3) is 0.182. The quantitative estimate of drug-likeness (QED) is 0.712. The highest BCUT2D eigenvalue weighted by molar-refractivity contribution is 5.91. The minimum Gasteiger partial charge on any atom is -0.507 e. The molecule has 1 aromatic rings. The zero-order chi connectivity index (χ0) is 10.4. The number of likely N-dealkylation sites (N-methyl/N-ethyl adjacent to an activating group) is 1. The zero-order valence-corrected chi connectivity index (χ0v) is 8.03. The molecule has 0 heterocycles. The smallest absolute Gasteiger partial charge is 0.243 e. The van der Waals surface area contributed by atoms with E-state index in [0.29, 0.717) is 12.1 Å². The van der Waals surface area contributed by atoms with Gasteiger partial charge in [-0.05, 0) is 19.1 Å². The summed E-state index contributed by atoms with van der Waals surface area (Å²) in [6.07, 6.45) is 2.98. The lowest BCUT2D eigenvalue weighted by Crippen LogP contribution is -2.19. The maximum atomic E-state index is 11.0. The molecule has 0 bridgehead atoms. The summed E-state index contributed by atoms with van der Waals surface area (Å²) in [4.78, 5) is 11.0. The number of aromatic hydroxyl groups is 1. The molecule has 1 amide bonds. The summed E-state index contributed by atoms with van der Waals surface area (Å²) >= 11 is 0. The summed E-state index contributed by atoms with van der Waals surface area (Å²) in [6, 6.07) is 6.86. The van der Waals surface area contributed by atoms with Crippen LogP contribution in [0.15, 0.2) is 30.3 Å². The maximum Gasteiger partial charge on any atom is 0.243 e. The van der Waals surface area contributed by atoms with Crippen molar-refractivity contribution >= 4 is 12.0 Å². The van der Waals surface area contributed by atoms with E-state index in [4.69, 9.17) is 0 Å². The topological polar surface area (TPSA) is 49.3 Å². The van der Waals surface area contributed by atoms with Crippen molar-refractivity contribution in [2.45, 2.75) is 6.92 Å². The number of hydrogen-bond acceptors (Lipinski definition) is 2. The van der Waals surface area contributed by atoms with E-state index >= 15 is 0 Å². The second-order valence-electron chi connectivity index (χ2n) is 2.79. The average Bonchev–Trinajstić information content (AvgIpc) is 2.17. The number of benzene rings is 1. The van der Waals surface area contributed by atoms with Crippen molar-refractivity contribution < 1.29 is 9.90 Å². The predicted molar refractivity (Wildman–Crippen MR) is 55.8 cm³/mol. The van der Waals surface area contributed by atoms with E-state index in [1.165, 1.54) is 6.08 Å². The molecule has 0 spiro atoms. The third kappa shape index (κ3) is 2.94. The molecule has 14 heavy (non-hydrogen) atoms. The minimum absolute atomic E-state index is 0.157. The van der Waals surface area contributed by atoms with E-state index in [1.807, 2.05) is 6.92 Å². The van der Waals surface area contributed by atoms with E-state index in [2.05, 4.69) is 5.32 Å². The van der Waals surface area contributed by atoms with Gasteiger partial charge in [0.15, 0.2) is 0 Å². The van der Waals surface area contributed by atoms with Crippen LogP contribution >= 0.6 is 0 Å². The first-order valence-electron chi connectivity index (χ1n) is 4.48. The van der Waals surface area contributed by atoms with Crippen LogP contribution in [0.2, 0.25) is 0 Å². The molecule has 2 N–H and O–H groups in total. The molecule has 1 aromatic carbocycles. The van der Waals surface area contributed by atoms with Crippen LogP contribution in [0.1, 0.15) is 12.5 Å². The fourth-order valence-corrected chi connectivity index (χ4v) is 1.03. The highest BCUT2D eigenvalue weighted by Crippen LogP contribution is 2.16. The summed E-state index contributed by atoms with van der Waals surface area (Å²) in [5.41, 5.74) is 0.638. The molecular formula is C11H13NO2. The number of carbonyl (C=O) groups excluding carboxylic acids is 1. The van der Waals surface area contributed by atoms with Crippen LogP contribution in [0.5, 0.6) is 5.75 Å². The van der Waals surface area contributed by atoms with Gasteiger partial charge in [-0.3, -0.25) is 4.79 Å². The molecule has 0 saturated heterocycles. The highest BCUT2D eigenvalue weighted by atomic mass is 16.3. The first kappa shape index (κ1) is 10.3. The van der Waals surface area contributed by atoms with E-state index in [9.17, 15) is 9.90 Å². The number of phenols is 1. The first-order chi connectivity index (χ1) is 6.74. The van der Waals surface area contributed by atoms with Crippen LogP contribution in [-0.4, -0.2) is 17.6 Å². The lowest BCUT2D eigenvalue weighted by Gasteiger charge is -1.97. The number of nitrogens with one attached hydrogen (secondary N) is 1. The van der Waals surface area contributed by atoms with Gasteiger partial charge in [0.2, 0.25) is 5.91 Å². The Morgan fingerprint density at radius 1 is 1.50 bits per heavy atom. The van der Waals surface area contributed by atoms with Crippen molar-refractivity contribution in [1.29, 1.82) is 0 Å². The van der Waals surface area contributed by atoms with Gasteiger partial charge in [-0.2, -0.15) is 0 Å². The largest absolute Gasteiger partial charge is 0.507 e. The van der Waals surface area contributed by atoms with Crippen LogP contribution in [0.25, 0.3) is 6.08 Å². The highest BCUT2D eigenvalue weighted by Gasteiger charge is 1.95. The molecule has 0 aliphatic rings. The van der Waals surface area contributed by atoms with Crippen molar-refractivity contribution in [3.63, 3.8) is 0 Å². The Hall–Kier alpha value is -1.77. The minimum atomic E-state index is -0.157. The molecule has 3 heteroatoms. The van der Waals surface area contributed by atoms with Gasteiger partial charge in [0.1, 0.15) is 5.75 Å². The maximum absolute atomic E-state index is 11.0. The summed E-state index contributed by atoms with van der Waals surface area (Å²) in [7, 11) is 0. The van der Waals surface area contributed by atoms with E-state index in [-0.39, 0.29) is 11.7 Å². The molecule has 0 fully saturated rings. The molecule has 74 valence electrons. The second-order valence-corrected chi connectivity index (χ2v) is 2.79. The van der Waals surface area contributed by atoms with Gasteiger partial charge in [0, 0.05) is 18.2 Å². The molecular weight excluding hydrogens is 178 g/mol. The van der Waals surface area contributed by atoms with Crippen molar-refractivity contribution in [3.05, 3.63) is 35.9 Å². The second kappa shape index (κ2) is 5.07. The molecule has 1 rings (SSSR count). The Morgan fingerprint density at radius 3 is 2.86 bits per heavy atom. The molecule has 3 nitrogen and oxygen atoms in total. The van der Waals surface area contributed by atoms with Crippen molar-refractivity contribution in [3.8, 4) is 5.75 Å². The third-order valence-electron chi connectivity index (χ3n) is 1.70. The summed E-state index contributed by atoms with van der Waals surface area (Å²) < 4.78 is 0. The Balaban J connectivity index is 2.69. The molecule has 0 aromatic heterocycles. The Kier molecular flexibility index (Phi) is 3.73. The van der Waals surface area contributed by atoms with Gasteiger partial charge >= 0.3 is 0 Å². The average molecular weight is 191 g/mol. The van der Waals surface area contributed by atoms with Gasteiger partial charge in [-0.15, -0.1) is 0 Å². The Labute approximate surface area is 83.1 Å². The van der Waals surface area contributed by atoms with Crippen LogP contribution in [0, 0.1) is 0 Å². The van der Waals surface area contributed by atoms with Gasteiger partial charge in [-0.25, -0.2) is 0 Å². The lowest BCUT2D eigenvalue weighted by molar-refractivity contribution is -0.116. The van der Waals surface area contributed by atoms with Crippen LogP contribution in [-0.2, 0) is 4.79 Å². The molecule has 0 aliphatic heterocycles. The standard InChI is InChI=1S/C11H13NO2/c1-2-12-11(14)8-7-9-5-3-4-6-10(9)13/h3-8,13H,2H2,1H3,(H,12,14)/b8-7+. The SMILES string of the molecule is CCNC(=O)/C=C/c1ccccc1O. The number of phenolic OH excluding ortho intramolecular Hbond substituents is 1. The van der Waals surface area contributed by atoms with Crippen LogP contribution < -0.4 is 5.32 Å². The van der Waals surface area contributed by atoms with Crippen molar-refractivity contribution in [1.82, 2.24) is 5.32 Å². The molecule has 0 saturated carbocycles. The summed E-state index contributed by atoms with van der Waals surface area (Å²) in [5, 5.41) is 12.0. The molecule has 0 atom stereocenters. The summed E-state index contributed by atoms with van der Waals surface area (Å²) in [5.74, 6) is 0.0174. The molecule has 0 unspecified atom stereocenters. The number of para-hydroxylation sites is 1. The van der Waals surface area contributed by atoms with E-state index in [0.717, 1.165) is 0 Å². The monoisotopic (exact) mass is 191 g/mol. The first-order valence-corrected chi connectivity index (χ1v) is 4.48. The van der Waals surface area contributed by atoms with Gasteiger partial charge in [0.05, 0.1) is 0 Å². The van der Waals surface area contributed by atoms with Gasteiger partial charge < -0.3 is 10.4 Å². The number of hydrogen-bond donors (Lipinski definition) is 2. The number of amides is 1. The van der Waals surface area contributed by atoms with Crippen molar-refractivity contribution in [2.75, 3.05) is 6.54 Å². The lowest BCUT2D eigenvalue weighted by atomic mass is 10.2. The van der Waals surface area contributed by atoms with Crippen LogP contribution in [0.3, 0.4) is 0 Å². The van der Waals surface area contributed by atoms with Crippen LogP contribution in [0.4, 0.5) is 0 Å². The molecule has 0 radical (unpaired) electrons. The predicted octanol–water partition coefficient (Wildman–Crippen LogP) is 1.54. The normalized spacial score (nSPS) is 10.4. The van der Waals surface area contributed by atoms with E-state index < -0.39 is 0 Å². The number of carbonyl (C=O) groups is 1. The fourth-order valence-electron chi connectivity index (χ4n) is 1.03.